The van der Waals surface area contributed by atoms with Gasteiger partial charge in [-0.15, -0.1) is 22.7 Å². The van der Waals surface area contributed by atoms with Gasteiger partial charge in [-0.2, -0.15) is 0 Å². The van der Waals surface area contributed by atoms with E-state index in [1.165, 1.54) is 40.3 Å². The molecular weight excluding hydrogens is 1000 g/mol. The molecule has 0 saturated carbocycles. The smallest absolute Gasteiger partial charge is 0.260 e. The fraction of sp³-hybridized carbons (Fsp3) is 0. The van der Waals surface area contributed by atoms with Gasteiger partial charge in [-0.1, -0.05) is 146 Å². The van der Waals surface area contributed by atoms with Gasteiger partial charge < -0.3 is 19.3 Å². The highest BCUT2D eigenvalue weighted by Crippen LogP contribution is 2.47. The standard InChI is InChI=1S/C72H45BN2O2S2/c1-5-17-46(18-6-1)48-37-49(47-19-7-2-8-20-47)39-50(38-48)51-40-66-72-67(41-51)77-65-45-57(75(53-23-11-4-12-24-53)55-32-36-71-61(43-55)59-26-14-16-28-69(59)79-71)30-34-63(65)73(72)62-33-29-56(44-64(62)76-66)74(52-21-9-3-10-22-52)54-31-35-70-60(42-54)58-25-13-15-27-68(58)78-70/h1-45H. The fourth-order valence-electron chi connectivity index (χ4n) is 12.1. The third-order valence-electron chi connectivity index (χ3n) is 15.7. The van der Waals surface area contributed by atoms with Crippen molar-refractivity contribution in [2.45, 2.75) is 0 Å². The lowest BCUT2D eigenvalue weighted by Gasteiger charge is -2.35. The molecule has 0 aliphatic carbocycles. The second-order valence-corrected chi connectivity index (χ2v) is 22.6. The van der Waals surface area contributed by atoms with E-state index < -0.39 is 0 Å². The molecule has 0 atom stereocenters. The molecule has 2 aliphatic heterocycles. The van der Waals surface area contributed by atoms with Gasteiger partial charge in [0.25, 0.3) is 6.71 Å². The summed E-state index contributed by atoms with van der Waals surface area (Å²) in [5.41, 5.74) is 16.1. The van der Waals surface area contributed by atoms with Crippen LogP contribution in [0.3, 0.4) is 0 Å². The number of hydrogen-bond donors (Lipinski definition) is 0. The second kappa shape index (κ2) is 18.5. The fourth-order valence-corrected chi connectivity index (χ4v) is 14.2. The van der Waals surface area contributed by atoms with Crippen LogP contribution in [-0.2, 0) is 0 Å². The third kappa shape index (κ3) is 7.80. The summed E-state index contributed by atoms with van der Waals surface area (Å²) in [6.07, 6.45) is 0. The molecule has 4 nitrogen and oxygen atoms in total. The predicted molar refractivity (Wildman–Crippen MR) is 336 cm³/mol. The molecule has 370 valence electrons. The number of hydrogen-bond acceptors (Lipinski definition) is 6. The van der Waals surface area contributed by atoms with Crippen molar-refractivity contribution in [3.05, 3.63) is 273 Å². The van der Waals surface area contributed by atoms with Crippen LogP contribution in [0.4, 0.5) is 34.1 Å². The lowest BCUT2D eigenvalue weighted by Crippen LogP contribution is -2.57. The zero-order valence-corrected chi connectivity index (χ0v) is 44.2. The molecule has 2 aromatic heterocycles. The van der Waals surface area contributed by atoms with E-state index in [2.05, 4.69) is 283 Å². The van der Waals surface area contributed by atoms with Gasteiger partial charge in [0, 0.05) is 92.1 Å². The lowest BCUT2D eigenvalue weighted by molar-refractivity contribution is 0.465. The summed E-state index contributed by atoms with van der Waals surface area (Å²) in [7, 11) is 0. The first kappa shape index (κ1) is 45.5. The molecule has 0 radical (unpaired) electrons. The van der Waals surface area contributed by atoms with Crippen molar-refractivity contribution in [2.75, 3.05) is 9.80 Å². The SMILES string of the molecule is c1ccc(-c2cc(-c3ccccc3)cc(-c3cc4c5c(c3)Oc3cc(N(c6ccccc6)c6ccc7sc8ccccc8c7c6)ccc3B5c3ccc(N(c5ccccc5)c5ccc6sc7ccccc7c6c5)cc3O4)c2)cc1. The van der Waals surface area contributed by atoms with Crippen LogP contribution in [0.5, 0.6) is 23.0 Å². The average molecular weight is 1050 g/mol. The summed E-state index contributed by atoms with van der Waals surface area (Å²) >= 11 is 3.68. The Kier molecular flexibility index (Phi) is 10.7. The van der Waals surface area contributed by atoms with Crippen molar-refractivity contribution >= 4 is 120 Å². The average Bonchev–Trinajstić information content (AvgIpc) is 4.27. The summed E-state index contributed by atoms with van der Waals surface area (Å²) in [4.78, 5) is 4.71. The van der Waals surface area contributed by atoms with Gasteiger partial charge in [0.05, 0.1) is 0 Å². The van der Waals surface area contributed by atoms with Gasteiger partial charge in [-0.3, -0.25) is 0 Å². The molecule has 0 spiro atoms. The molecule has 7 heteroatoms. The van der Waals surface area contributed by atoms with E-state index in [1.807, 2.05) is 22.7 Å². The molecule has 0 unspecified atom stereocenters. The molecule has 0 amide bonds. The Morgan fingerprint density at radius 1 is 0.253 bits per heavy atom. The van der Waals surface area contributed by atoms with E-state index in [0.717, 1.165) is 107 Å². The minimum absolute atomic E-state index is 0.178. The maximum Gasteiger partial charge on any atom is 0.260 e. The first-order chi connectivity index (χ1) is 39.1. The van der Waals surface area contributed by atoms with Crippen molar-refractivity contribution < 1.29 is 9.47 Å². The Labute approximate surface area is 466 Å². The highest BCUT2D eigenvalue weighted by Gasteiger charge is 2.41. The second-order valence-electron chi connectivity index (χ2n) is 20.4. The van der Waals surface area contributed by atoms with Crippen molar-refractivity contribution in [1.82, 2.24) is 0 Å². The zero-order valence-electron chi connectivity index (χ0n) is 42.6. The summed E-state index contributed by atoms with van der Waals surface area (Å²) in [6.45, 7) is -0.178. The van der Waals surface area contributed by atoms with Crippen LogP contribution in [0.15, 0.2) is 273 Å². The van der Waals surface area contributed by atoms with Crippen molar-refractivity contribution in [3.63, 3.8) is 0 Å². The third-order valence-corrected chi connectivity index (χ3v) is 18.0. The number of thiophene rings is 2. The van der Waals surface area contributed by atoms with Gasteiger partial charge in [-0.05, 0) is 160 Å². The number of benzene rings is 12. The molecule has 16 rings (SSSR count). The van der Waals surface area contributed by atoms with Gasteiger partial charge in [0.1, 0.15) is 23.0 Å². The number of nitrogens with zero attached hydrogens (tertiary/aromatic N) is 2. The van der Waals surface area contributed by atoms with Crippen LogP contribution in [0.25, 0.3) is 73.7 Å². The number of anilines is 6. The molecule has 0 N–H and O–H groups in total. The lowest BCUT2D eigenvalue weighted by atomic mass is 9.35. The van der Waals surface area contributed by atoms with E-state index in [0.29, 0.717) is 0 Å². The maximum atomic E-state index is 7.33. The van der Waals surface area contributed by atoms with Crippen LogP contribution in [0.1, 0.15) is 0 Å². The van der Waals surface area contributed by atoms with Crippen molar-refractivity contribution in [3.8, 4) is 56.4 Å². The Bertz CT molecular complexity index is 4400. The molecule has 79 heavy (non-hydrogen) atoms. The largest absolute Gasteiger partial charge is 0.458 e. The van der Waals surface area contributed by atoms with Crippen molar-refractivity contribution in [1.29, 1.82) is 0 Å². The van der Waals surface area contributed by atoms with E-state index in [-0.39, 0.29) is 6.71 Å². The molecule has 4 heterocycles. The molecule has 12 aromatic carbocycles. The molecule has 2 aliphatic rings. The monoisotopic (exact) mass is 1040 g/mol. The highest BCUT2D eigenvalue weighted by atomic mass is 32.1. The topological polar surface area (TPSA) is 24.9 Å². The van der Waals surface area contributed by atoms with Gasteiger partial charge in [0.2, 0.25) is 0 Å². The summed E-state index contributed by atoms with van der Waals surface area (Å²) in [5.74, 6) is 3.18. The Hall–Kier alpha value is -9.66. The van der Waals surface area contributed by atoms with Crippen LogP contribution < -0.4 is 35.7 Å². The number of ether oxygens (including phenoxy) is 2. The zero-order chi connectivity index (χ0) is 52.0. The van der Waals surface area contributed by atoms with E-state index in [4.69, 9.17) is 9.47 Å². The van der Waals surface area contributed by atoms with E-state index in [9.17, 15) is 0 Å². The Morgan fingerprint density at radius 2 is 0.608 bits per heavy atom. The highest BCUT2D eigenvalue weighted by molar-refractivity contribution is 7.26. The normalized spacial score (nSPS) is 12.2. The minimum atomic E-state index is -0.178. The van der Waals surface area contributed by atoms with Gasteiger partial charge >= 0.3 is 0 Å². The Morgan fingerprint density at radius 3 is 1.06 bits per heavy atom. The van der Waals surface area contributed by atoms with Crippen molar-refractivity contribution in [2.24, 2.45) is 0 Å². The number of fused-ring (bicyclic) bond motifs is 10. The molecule has 0 fully saturated rings. The predicted octanol–water partition coefficient (Wildman–Crippen LogP) is 19.1. The Balaban J connectivity index is 0.884. The minimum Gasteiger partial charge on any atom is -0.458 e. The molecule has 0 bridgehead atoms. The molecular formula is C72H45BN2O2S2. The van der Waals surface area contributed by atoms with Crippen LogP contribution in [0, 0.1) is 0 Å². The first-order valence-corrected chi connectivity index (χ1v) is 28.4. The molecule has 0 saturated heterocycles. The number of rotatable bonds is 9. The molecule has 14 aromatic rings. The quantitative estimate of drug-likeness (QED) is 0.135. The maximum absolute atomic E-state index is 7.33. The van der Waals surface area contributed by atoms with Gasteiger partial charge in [0.15, 0.2) is 0 Å². The van der Waals surface area contributed by atoms with E-state index >= 15 is 0 Å². The first-order valence-electron chi connectivity index (χ1n) is 26.7. The van der Waals surface area contributed by atoms with Crippen LogP contribution in [0.2, 0.25) is 0 Å². The van der Waals surface area contributed by atoms with E-state index in [1.54, 1.807) is 0 Å². The summed E-state index contributed by atoms with van der Waals surface area (Å²) in [6, 6.07) is 98.7. The summed E-state index contributed by atoms with van der Waals surface area (Å²) < 4.78 is 19.8. The number of para-hydroxylation sites is 2. The van der Waals surface area contributed by atoms with Gasteiger partial charge in [-0.25, -0.2) is 0 Å². The van der Waals surface area contributed by atoms with Crippen LogP contribution in [-0.4, -0.2) is 6.71 Å². The van der Waals surface area contributed by atoms with Crippen LogP contribution >= 0.6 is 22.7 Å². The summed E-state index contributed by atoms with van der Waals surface area (Å²) in [5, 5.41) is 5.03.